The molecule has 0 fully saturated rings. The lowest BCUT2D eigenvalue weighted by atomic mass is 10.2. The van der Waals surface area contributed by atoms with Gasteiger partial charge in [0.25, 0.3) is 0 Å². The third-order valence-electron chi connectivity index (χ3n) is 1.80. The Balaban J connectivity index is 2.44. The second kappa shape index (κ2) is 4.00. The van der Waals surface area contributed by atoms with E-state index in [4.69, 9.17) is 5.73 Å². The Kier molecular flexibility index (Phi) is 2.70. The zero-order valence-electron chi connectivity index (χ0n) is 7.58. The first-order valence-corrected chi connectivity index (χ1v) is 5.00. The molecular weight excluding hydrogens is 220 g/mol. The lowest BCUT2D eigenvalue weighted by Crippen LogP contribution is -1.94. The van der Waals surface area contributed by atoms with Crippen LogP contribution in [-0.2, 0) is 6.54 Å². The summed E-state index contributed by atoms with van der Waals surface area (Å²) in [5.74, 6) is -1.26. The third-order valence-corrected chi connectivity index (χ3v) is 2.78. The van der Waals surface area contributed by atoms with Crippen LogP contribution in [0.15, 0.2) is 18.2 Å². The molecule has 2 aromatic rings. The van der Waals surface area contributed by atoms with Gasteiger partial charge in [-0.1, -0.05) is 11.3 Å². The van der Waals surface area contributed by atoms with E-state index in [1.807, 2.05) is 0 Å². The van der Waals surface area contributed by atoms with E-state index < -0.39 is 11.6 Å². The van der Waals surface area contributed by atoms with Gasteiger partial charge in [0.05, 0.1) is 0 Å². The largest absolute Gasteiger partial charge is 0.324 e. The first kappa shape index (κ1) is 10.1. The van der Waals surface area contributed by atoms with Gasteiger partial charge in [-0.05, 0) is 12.1 Å². The Morgan fingerprint density at radius 1 is 1.27 bits per heavy atom. The minimum Gasteiger partial charge on any atom is -0.324 e. The summed E-state index contributed by atoms with van der Waals surface area (Å²) in [7, 11) is 0. The van der Waals surface area contributed by atoms with Crippen LogP contribution in [0.1, 0.15) is 5.01 Å². The van der Waals surface area contributed by atoms with E-state index in [9.17, 15) is 8.78 Å². The van der Waals surface area contributed by atoms with Gasteiger partial charge in [0.1, 0.15) is 16.6 Å². The Morgan fingerprint density at radius 3 is 2.67 bits per heavy atom. The summed E-state index contributed by atoms with van der Waals surface area (Å²) in [4.78, 5) is 0. The minimum atomic E-state index is -0.644. The molecule has 78 valence electrons. The van der Waals surface area contributed by atoms with Gasteiger partial charge >= 0.3 is 0 Å². The first-order valence-electron chi connectivity index (χ1n) is 4.18. The lowest BCUT2D eigenvalue weighted by molar-refractivity contribution is 0.585. The van der Waals surface area contributed by atoms with Crippen molar-refractivity contribution in [2.45, 2.75) is 6.54 Å². The predicted octanol–water partition coefficient (Wildman–Crippen LogP) is 1.94. The summed E-state index contributed by atoms with van der Waals surface area (Å²) < 4.78 is 26.0. The number of hydrogen-bond donors (Lipinski definition) is 1. The molecule has 0 radical (unpaired) electrons. The molecular formula is C9H7F2N3S. The van der Waals surface area contributed by atoms with Crippen LogP contribution in [0.4, 0.5) is 8.78 Å². The van der Waals surface area contributed by atoms with Crippen molar-refractivity contribution in [1.82, 2.24) is 10.2 Å². The van der Waals surface area contributed by atoms with Crippen LogP contribution in [0.5, 0.6) is 0 Å². The zero-order chi connectivity index (χ0) is 10.8. The zero-order valence-corrected chi connectivity index (χ0v) is 8.39. The molecule has 2 rings (SSSR count). The molecule has 0 aliphatic carbocycles. The van der Waals surface area contributed by atoms with Crippen molar-refractivity contribution in [3.8, 4) is 10.6 Å². The van der Waals surface area contributed by atoms with Gasteiger partial charge in [-0.25, -0.2) is 8.78 Å². The Bertz CT molecular complexity index is 484. The molecule has 1 aromatic heterocycles. The van der Waals surface area contributed by atoms with Crippen molar-refractivity contribution in [3.63, 3.8) is 0 Å². The third kappa shape index (κ3) is 2.00. The highest BCUT2D eigenvalue weighted by Gasteiger charge is 2.11. The minimum absolute atomic E-state index is 0.244. The second-order valence-electron chi connectivity index (χ2n) is 2.83. The molecule has 0 aliphatic rings. The maximum absolute atomic E-state index is 13.3. The molecule has 0 spiro atoms. The Morgan fingerprint density at radius 2 is 2.07 bits per heavy atom. The SMILES string of the molecule is NCc1nnc(-c2ccc(F)cc2F)s1. The monoisotopic (exact) mass is 227 g/mol. The molecule has 0 atom stereocenters. The van der Waals surface area contributed by atoms with E-state index in [2.05, 4.69) is 10.2 Å². The number of halogens is 2. The number of nitrogens with zero attached hydrogens (tertiary/aromatic N) is 2. The van der Waals surface area contributed by atoms with Crippen LogP contribution < -0.4 is 5.73 Å². The molecule has 0 unspecified atom stereocenters. The molecule has 2 N–H and O–H groups in total. The van der Waals surface area contributed by atoms with E-state index in [1.165, 1.54) is 23.5 Å². The highest BCUT2D eigenvalue weighted by molar-refractivity contribution is 7.14. The number of rotatable bonds is 2. The Hall–Kier alpha value is -1.40. The summed E-state index contributed by atoms with van der Waals surface area (Å²) in [6, 6.07) is 3.34. The number of aromatic nitrogens is 2. The van der Waals surface area contributed by atoms with Crippen molar-refractivity contribution in [2.24, 2.45) is 5.73 Å². The average molecular weight is 227 g/mol. The fourth-order valence-corrected chi connectivity index (χ4v) is 1.85. The highest BCUT2D eigenvalue weighted by Crippen LogP contribution is 2.26. The van der Waals surface area contributed by atoms with Crippen LogP contribution >= 0.6 is 11.3 Å². The van der Waals surface area contributed by atoms with Crippen LogP contribution in [-0.4, -0.2) is 10.2 Å². The standard InChI is InChI=1S/C9H7F2N3S/c10-5-1-2-6(7(11)3-5)9-14-13-8(4-12)15-9/h1-3H,4,12H2. The summed E-state index contributed by atoms with van der Waals surface area (Å²) in [6.45, 7) is 0.264. The molecule has 6 heteroatoms. The van der Waals surface area contributed by atoms with Crippen molar-refractivity contribution in [2.75, 3.05) is 0 Å². The molecule has 1 heterocycles. The first-order chi connectivity index (χ1) is 7.20. The van der Waals surface area contributed by atoms with Gasteiger partial charge < -0.3 is 5.73 Å². The fourth-order valence-electron chi connectivity index (χ4n) is 1.11. The smallest absolute Gasteiger partial charge is 0.150 e. The molecule has 0 saturated carbocycles. The quantitative estimate of drug-likeness (QED) is 0.853. The maximum Gasteiger partial charge on any atom is 0.150 e. The normalized spacial score (nSPS) is 10.6. The van der Waals surface area contributed by atoms with E-state index >= 15 is 0 Å². The maximum atomic E-state index is 13.3. The molecule has 0 aliphatic heterocycles. The Labute approximate surface area is 88.6 Å². The van der Waals surface area contributed by atoms with Gasteiger partial charge in [0.15, 0.2) is 5.01 Å². The lowest BCUT2D eigenvalue weighted by Gasteiger charge is -1.97. The van der Waals surface area contributed by atoms with Gasteiger partial charge in [0, 0.05) is 18.2 Å². The van der Waals surface area contributed by atoms with E-state index in [0.29, 0.717) is 10.0 Å². The van der Waals surface area contributed by atoms with Crippen molar-refractivity contribution in [3.05, 3.63) is 34.8 Å². The van der Waals surface area contributed by atoms with E-state index in [1.54, 1.807) is 0 Å². The number of benzene rings is 1. The van der Waals surface area contributed by atoms with E-state index in [0.717, 1.165) is 6.07 Å². The number of nitrogens with two attached hydrogens (primary N) is 1. The summed E-state index contributed by atoms with van der Waals surface area (Å²) in [5, 5.41) is 8.56. The summed E-state index contributed by atoms with van der Waals surface area (Å²) in [5.41, 5.74) is 5.60. The van der Waals surface area contributed by atoms with Gasteiger partial charge in [-0.3, -0.25) is 0 Å². The van der Waals surface area contributed by atoms with Crippen LogP contribution in [0, 0.1) is 11.6 Å². The molecule has 0 saturated heterocycles. The molecule has 0 bridgehead atoms. The predicted molar refractivity (Wildman–Crippen MR) is 53.2 cm³/mol. The second-order valence-corrected chi connectivity index (χ2v) is 3.89. The van der Waals surface area contributed by atoms with Crippen LogP contribution in [0.3, 0.4) is 0 Å². The molecule has 3 nitrogen and oxygen atoms in total. The fraction of sp³-hybridized carbons (Fsp3) is 0.111. The molecule has 0 amide bonds. The van der Waals surface area contributed by atoms with Crippen molar-refractivity contribution in [1.29, 1.82) is 0 Å². The van der Waals surface area contributed by atoms with Crippen LogP contribution in [0.2, 0.25) is 0 Å². The van der Waals surface area contributed by atoms with E-state index in [-0.39, 0.29) is 12.1 Å². The van der Waals surface area contributed by atoms with Crippen molar-refractivity contribution >= 4 is 11.3 Å². The van der Waals surface area contributed by atoms with Gasteiger partial charge in [-0.2, -0.15) is 0 Å². The highest BCUT2D eigenvalue weighted by atomic mass is 32.1. The average Bonchev–Trinajstić information content (AvgIpc) is 2.66. The number of hydrogen-bond acceptors (Lipinski definition) is 4. The topological polar surface area (TPSA) is 51.8 Å². The molecule has 15 heavy (non-hydrogen) atoms. The van der Waals surface area contributed by atoms with Crippen molar-refractivity contribution < 1.29 is 8.78 Å². The van der Waals surface area contributed by atoms with Crippen LogP contribution in [0.25, 0.3) is 10.6 Å². The van der Waals surface area contributed by atoms with Gasteiger partial charge in [0.2, 0.25) is 0 Å². The van der Waals surface area contributed by atoms with Gasteiger partial charge in [-0.15, -0.1) is 10.2 Å². The summed E-state index contributed by atoms with van der Waals surface area (Å²) in [6.07, 6.45) is 0. The summed E-state index contributed by atoms with van der Waals surface area (Å²) >= 11 is 1.20. The molecule has 1 aromatic carbocycles.